The lowest BCUT2D eigenvalue weighted by Gasteiger charge is -2.09. The average Bonchev–Trinajstić information content (AvgIpc) is 2.66. The summed E-state index contributed by atoms with van der Waals surface area (Å²) in [6.07, 6.45) is 1.99. The molecular weight excluding hydrogens is 270 g/mol. The Bertz CT molecular complexity index is 724. The van der Waals surface area contributed by atoms with Crippen LogP contribution in [0.5, 0.6) is 0 Å². The van der Waals surface area contributed by atoms with Crippen LogP contribution in [0.3, 0.4) is 0 Å². The topological polar surface area (TPSA) is 39.1 Å². The molecule has 0 saturated heterocycles. The molecule has 0 N–H and O–H groups in total. The zero-order valence-corrected chi connectivity index (χ0v) is 13.7. The fraction of sp³-hybridized carbons (Fsp3) is 0.500. The van der Waals surface area contributed by atoms with Crippen molar-refractivity contribution in [3.8, 4) is 0 Å². The van der Waals surface area contributed by atoms with Crippen molar-refractivity contribution < 1.29 is 8.42 Å². The van der Waals surface area contributed by atoms with Crippen molar-refractivity contribution in [3.63, 3.8) is 0 Å². The molecule has 0 radical (unpaired) electrons. The molecule has 2 aromatic rings. The quantitative estimate of drug-likeness (QED) is 0.858. The van der Waals surface area contributed by atoms with Gasteiger partial charge in [-0.25, -0.2) is 8.42 Å². The predicted octanol–water partition coefficient (Wildman–Crippen LogP) is 3.85. The standard InChI is InChI=1S/C16H23NO2S/c1-11(2)17-9-14(10-20(18,19)12(3)4)15-7-6-13(5)8-16(15)17/h6-9,11-12H,10H2,1-5H3. The third-order valence-corrected chi connectivity index (χ3v) is 5.85. The summed E-state index contributed by atoms with van der Waals surface area (Å²) in [5.74, 6) is 0.115. The summed E-state index contributed by atoms with van der Waals surface area (Å²) in [5, 5.41) is 0.707. The van der Waals surface area contributed by atoms with Gasteiger partial charge in [0.25, 0.3) is 0 Å². The third-order valence-electron chi connectivity index (χ3n) is 3.70. The molecule has 20 heavy (non-hydrogen) atoms. The lowest BCUT2D eigenvalue weighted by atomic mass is 10.1. The maximum absolute atomic E-state index is 12.2. The SMILES string of the molecule is Cc1ccc2c(CS(=O)(=O)C(C)C)cn(C(C)C)c2c1. The highest BCUT2D eigenvalue weighted by Crippen LogP contribution is 2.27. The first-order valence-electron chi connectivity index (χ1n) is 7.04. The van der Waals surface area contributed by atoms with Crippen LogP contribution in [0.25, 0.3) is 10.9 Å². The van der Waals surface area contributed by atoms with Gasteiger partial charge in [0.1, 0.15) is 0 Å². The molecule has 2 rings (SSSR count). The van der Waals surface area contributed by atoms with Crippen LogP contribution >= 0.6 is 0 Å². The van der Waals surface area contributed by atoms with Gasteiger partial charge in [-0.05, 0) is 51.8 Å². The van der Waals surface area contributed by atoms with E-state index in [0.717, 1.165) is 16.5 Å². The van der Waals surface area contributed by atoms with Crippen LogP contribution < -0.4 is 0 Å². The molecule has 0 aliphatic heterocycles. The largest absolute Gasteiger partial charge is 0.345 e. The van der Waals surface area contributed by atoms with E-state index in [9.17, 15) is 8.42 Å². The van der Waals surface area contributed by atoms with Crippen LogP contribution in [0.4, 0.5) is 0 Å². The summed E-state index contributed by atoms with van der Waals surface area (Å²) in [7, 11) is -3.08. The zero-order chi connectivity index (χ0) is 15.1. The highest BCUT2D eigenvalue weighted by Gasteiger charge is 2.20. The molecule has 0 aliphatic rings. The first kappa shape index (κ1) is 15.1. The lowest BCUT2D eigenvalue weighted by Crippen LogP contribution is -2.15. The highest BCUT2D eigenvalue weighted by atomic mass is 32.2. The van der Waals surface area contributed by atoms with Crippen LogP contribution in [-0.4, -0.2) is 18.2 Å². The maximum Gasteiger partial charge on any atom is 0.156 e. The lowest BCUT2D eigenvalue weighted by molar-refractivity contribution is 0.586. The van der Waals surface area contributed by atoms with Crippen LogP contribution in [0.1, 0.15) is 44.9 Å². The molecule has 0 bridgehead atoms. The van der Waals surface area contributed by atoms with E-state index < -0.39 is 9.84 Å². The number of fused-ring (bicyclic) bond motifs is 1. The van der Waals surface area contributed by atoms with Gasteiger partial charge in [-0.15, -0.1) is 0 Å². The molecule has 1 aromatic carbocycles. The van der Waals surface area contributed by atoms with E-state index in [1.807, 2.05) is 18.3 Å². The van der Waals surface area contributed by atoms with Crippen molar-refractivity contribution in [2.24, 2.45) is 0 Å². The Labute approximate surface area is 121 Å². The van der Waals surface area contributed by atoms with E-state index in [1.165, 1.54) is 5.56 Å². The van der Waals surface area contributed by atoms with Crippen LogP contribution in [0, 0.1) is 6.92 Å². The molecule has 1 aromatic heterocycles. The van der Waals surface area contributed by atoms with Crippen molar-refractivity contribution in [3.05, 3.63) is 35.5 Å². The van der Waals surface area contributed by atoms with Gasteiger partial charge >= 0.3 is 0 Å². The minimum atomic E-state index is -3.08. The summed E-state index contributed by atoms with van der Waals surface area (Å²) in [6, 6.07) is 6.52. The summed E-state index contributed by atoms with van der Waals surface area (Å²) in [4.78, 5) is 0. The summed E-state index contributed by atoms with van der Waals surface area (Å²) in [5.41, 5.74) is 3.21. The number of aromatic nitrogens is 1. The Kier molecular flexibility index (Phi) is 3.96. The minimum absolute atomic E-state index is 0.115. The molecule has 1 heterocycles. The fourth-order valence-electron chi connectivity index (χ4n) is 2.36. The molecule has 0 amide bonds. The Morgan fingerprint density at radius 2 is 1.80 bits per heavy atom. The van der Waals surface area contributed by atoms with Gasteiger partial charge < -0.3 is 4.57 Å². The number of hydrogen-bond acceptors (Lipinski definition) is 2. The monoisotopic (exact) mass is 293 g/mol. The summed E-state index contributed by atoms with van der Waals surface area (Å²) < 4.78 is 26.5. The van der Waals surface area contributed by atoms with Gasteiger partial charge in [0.15, 0.2) is 9.84 Å². The third kappa shape index (κ3) is 2.75. The molecule has 0 fully saturated rings. The minimum Gasteiger partial charge on any atom is -0.345 e. The van der Waals surface area contributed by atoms with Gasteiger partial charge in [-0.1, -0.05) is 12.1 Å². The van der Waals surface area contributed by atoms with E-state index in [4.69, 9.17) is 0 Å². The second kappa shape index (κ2) is 5.24. The number of sulfone groups is 1. The van der Waals surface area contributed by atoms with Gasteiger partial charge in [0.05, 0.1) is 11.0 Å². The van der Waals surface area contributed by atoms with E-state index in [0.29, 0.717) is 6.04 Å². The van der Waals surface area contributed by atoms with E-state index >= 15 is 0 Å². The average molecular weight is 293 g/mol. The van der Waals surface area contributed by atoms with Crippen molar-refractivity contribution in [2.45, 2.75) is 51.7 Å². The van der Waals surface area contributed by atoms with Crippen molar-refractivity contribution >= 4 is 20.7 Å². The van der Waals surface area contributed by atoms with Gasteiger partial charge in [0.2, 0.25) is 0 Å². The van der Waals surface area contributed by atoms with E-state index in [1.54, 1.807) is 13.8 Å². The van der Waals surface area contributed by atoms with Crippen molar-refractivity contribution in [1.29, 1.82) is 0 Å². The molecule has 0 unspecified atom stereocenters. The molecule has 4 heteroatoms. The van der Waals surface area contributed by atoms with Crippen LogP contribution in [0.2, 0.25) is 0 Å². The Morgan fingerprint density at radius 1 is 1.15 bits per heavy atom. The Balaban J connectivity index is 2.61. The molecular formula is C16H23NO2S. The normalized spacial score (nSPS) is 12.8. The van der Waals surface area contributed by atoms with Gasteiger partial charge in [0, 0.05) is 23.1 Å². The number of aryl methyl sites for hydroxylation is 1. The van der Waals surface area contributed by atoms with Crippen molar-refractivity contribution in [2.75, 3.05) is 0 Å². The van der Waals surface area contributed by atoms with E-state index in [-0.39, 0.29) is 11.0 Å². The number of nitrogens with zero attached hydrogens (tertiary/aromatic N) is 1. The molecule has 3 nitrogen and oxygen atoms in total. The Morgan fingerprint density at radius 3 is 2.35 bits per heavy atom. The molecule has 110 valence electrons. The number of benzene rings is 1. The summed E-state index contributed by atoms with van der Waals surface area (Å²) in [6.45, 7) is 9.76. The van der Waals surface area contributed by atoms with Gasteiger partial charge in [-0.3, -0.25) is 0 Å². The first-order valence-corrected chi connectivity index (χ1v) is 8.75. The molecule has 0 aliphatic carbocycles. The smallest absolute Gasteiger partial charge is 0.156 e. The Hall–Kier alpha value is -1.29. The van der Waals surface area contributed by atoms with Crippen molar-refractivity contribution in [1.82, 2.24) is 4.57 Å². The second-order valence-corrected chi connectivity index (χ2v) is 8.59. The number of hydrogen-bond donors (Lipinski definition) is 0. The first-order chi connectivity index (χ1) is 9.22. The molecule has 0 saturated carbocycles. The highest BCUT2D eigenvalue weighted by molar-refractivity contribution is 7.91. The number of rotatable bonds is 4. The van der Waals surface area contributed by atoms with E-state index in [2.05, 4.69) is 31.4 Å². The maximum atomic E-state index is 12.2. The molecule has 0 spiro atoms. The predicted molar refractivity (Wildman–Crippen MR) is 84.8 cm³/mol. The second-order valence-electron chi connectivity index (χ2n) is 6.03. The van der Waals surface area contributed by atoms with Crippen LogP contribution in [0.15, 0.2) is 24.4 Å². The van der Waals surface area contributed by atoms with Crippen LogP contribution in [-0.2, 0) is 15.6 Å². The zero-order valence-electron chi connectivity index (χ0n) is 12.8. The van der Waals surface area contributed by atoms with Gasteiger partial charge in [-0.2, -0.15) is 0 Å². The fourth-order valence-corrected chi connectivity index (χ4v) is 3.36. The summed E-state index contributed by atoms with van der Waals surface area (Å²) >= 11 is 0. The molecule has 0 atom stereocenters.